The molecular formula is C24H37F3N4O6. The summed E-state index contributed by atoms with van der Waals surface area (Å²) in [5.41, 5.74) is 2.85. The maximum atomic E-state index is 13.7. The lowest BCUT2D eigenvalue weighted by Gasteiger charge is -2.38. The number of halogens is 3. The highest BCUT2D eigenvalue weighted by atomic mass is 19.4. The van der Waals surface area contributed by atoms with Gasteiger partial charge in [0.05, 0.1) is 6.42 Å². The summed E-state index contributed by atoms with van der Waals surface area (Å²) in [7, 11) is 0. The highest BCUT2D eigenvalue weighted by molar-refractivity contribution is 6.37. The van der Waals surface area contributed by atoms with Crippen molar-refractivity contribution in [3.8, 4) is 0 Å². The van der Waals surface area contributed by atoms with Crippen LogP contribution in [0, 0.1) is 22.7 Å². The SMILES string of the molecule is CC(C)(C)OC(=O)N[C@H](C(=O)N1C[C@H]2[C@@H]([C@H]1C(=O)NC(CC(F)(F)F)C(=O)C(N)=O)C2(C)C)C(C)(C)C. The van der Waals surface area contributed by atoms with Gasteiger partial charge in [0.15, 0.2) is 0 Å². The van der Waals surface area contributed by atoms with Gasteiger partial charge >= 0.3 is 12.3 Å². The van der Waals surface area contributed by atoms with Gasteiger partial charge in [0, 0.05) is 6.54 Å². The van der Waals surface area contributed by atoms with Crippen LogP contribution in [0.25, 0.3) is 0 Å². The van der Waals surface area contributed by atoms with Crippen molar-refractivity contribution < 1.29 is 41.9 Å². The van der Waals surface area contributed by atoms with E-state index in [2.05, 4.69) is 5.32 Å². The fourth-order valence-corrected chi connectivity index (χ4v) is 4.92. The molecule has 1 aliphatic heterocycles. The number of alkyl halides is 3. The van der Waals surface area contributed by atoms with E-state index < -0.39 is 77.3 Å². The molecule has 4 N–H and O–H groups in total. The number of carbonyl (C=O) groups is 5. The van der Waals surface area contributed by atoms with Crippen molar-refractivity contribution in [1.82, 2.24) is 15.5 Å². The van der Waals surface area contributed by atoms with Crippen LogP contribution in [-0.2, 0) is 23.9 Å². The second kappa shape index (κ2) is 9.79. The van der Waals surface area contributed by atoms with E-state index in [-0.39, 0.29) is 17.9 Å². The fourth-order valence-electron chi connectivity index (χ4n) is 4.92. The first kappa shape index (κ1) is 30.4. The number of amides is 4. The molecule has 1 aliphatic carbocycles. The maximum Gasteiger partial charge on any atom is 0.408 e. The lowest BCUT2D eigenvalue weighted by molar-refractivity contribution is -0.155. The van der Waals surface area contributed by atoms with Crippen molar-refractivity contribution in [1.29, 1.82) is 0 Å². The van der Waals surface area contributed by atoms with E-state index in [0.717, 1.165) is 0 Å². The topological polar surface area (TPSA) is 148 Å². The summed E-state index contributed by atoms with van der Waals surface area (Å²) in [6.07, 6.45) is -7.50. The second-order valence-electron chi connectivity index (χ2n) is 12.4. The minimum Gasteiger partial charge on any atom is -0.444 e. The average Bonchev–Trinajstić information content (AvgIpc) is 3.03. The Balaban J connectivity index is 2.35. The standard InChI is InChI=1S/C24H37F3N4O6/c1-21(2,3)16(30-20(36)37-22(4,5)6)19(35)31-10-11-13(23(11,7)8)14(31)18(34)29-12(9-24(25,26)27)15(32)17(28)33/h11-14,16H,9-10H2,1-8H3,(H2,28,33)(H,29,34)(H,30,36)/t11-,12?,13-,14-,16+/m0/s1. The van der Waals surface area contributed by atoms with Gasteiger partial charge in [-0.05, 0) is 43.4 Å². The molecule has 2 rings (SSSR count). The minimum atomic E-state index is -4.87. The van der Waals surface area contributed by atoms with Crippen LogP contribution in [0.3, 0.4) is 0 Å². The lowest BCUT2D eigenvalue weighted by atomic mass is 9.85. The zero-order chi connectivity index (χ0) is 28.9. The third-order valence-corrected chi connectivity index (χ3v) is 6.85. The van der Waals surface area contributed by atoms with E-state index in [4.69, 9.17) is 10.5 Å². The van der Waals surface area contributed by atoms with Gasteiger partial charge in [-0.25, -0.2) is 4.79 Å². The number of rotatable bonds is 7. The molecule has 0 spiro atoms. The molecule has 13 heteroatoms. The molecule has 210 valence electrons. The highest BCUT2D eigenvalue weighted by Gasteiger charge is 2.70. The Morgan fingerprint density at radius 1 is 1.03 bits per heavy atom. The molecule has 0 bridgehead atoms. The molecule has 0 radical (unpaired) electrons. The number of ketones is 1. The van der Waals surface area contributed by atoms with Crippen LogP contribution in [0.1, 0.15) is 61.8 Å². The Morgan fingerprint density at radius 2 is 1.57 bits per heavy atom. The van der Waals surface area contributed by atoms with Gasteiger partial charge < -0.3 is 26.0 Å². The molecule has 5 atom stereocenters. The Morgan fingerprint density at radius 3 is 2.00 bits per heavy atom. The van der Waals surface area contributed by atoms with Gasteiger partial charge in [-0.2, -0.15) is 13.2 Å². The summed E-state index contributed by atoms with van der Waals surface area (Å²) in [5.74, 6) is -5.34. The van der Waals surface area contributed by atoms with E-state index >= 15 is 0 Å². The van der Waals surface area contributed by atoms with E-state index in [1.807, 2.05) is 19.2 Å². The van der Waals surface area contributed by atoms with Crippen LogP contribution in [0.2, 0.25) is 0 Å². The largest absolute Gasteiger partial charge is 0.444 e. The summed E-state index contributed by atoms with van der Waals surface area (Å²) in [6, 6.07) is -4.56. The number of carbonyl (C=O) groups excluding carboxylic acids is 5. The molecule has 37 heavy (non-hydrogen) atoms. The van der Waals surface area contributed by atoms with Crippen LogP contribution < -0.4 is 16.4 Å². The van der Waals surface area contributed by atoms with Crippen LogP contribution in [0.15, 0.2) is 0 Å². The molecule has 2 fully saturated rings. The zero-order valence-electron chi connectivity index (χ0n) is 22.4. The highest BCUT2D eigenvalue weighted by Crippen LogP contribution is 2.65. The molecular weight excluding hydrogens is 497 g/mol. The van der Waals surface area contributed by atoms with Crippen LogP contribution in [0.5, 0.6) is 0 Å². The number of piperidine rings is 1. The Bertz CT molecular complexity index is 967. The summed E-state index contributed by atoms with van der Waals surface area (Å²) < 4.78 is 44.5. The van der Waals surface area contributed by atoms with Gasteiger partial charge in [0.25, 0.3) is 5.91 Å². The average molecular weight is 535 g/mol. The first-order valence-corrected chi connectivity index (χ1v) is 12.0. The number of fused-ring (bicyclic) bond motifs is 1. The third-order valence-electron chi connectivity index (χ3n) is 6.85. The Kier molecular flexibility index (Phi) is 8.03. The summed E-state index contributed by atoms with van der Waals surface area (Å²) in [6.45, 7) is 13.9. The monoisotopic (exact) mass is 534 g/mol. The van der Waals surface area contributed by atoms with Crippen LogP contribution in [-0.4, -0.2) is 70.9 Å². The first-order chi connectivity index (χ1) is 16.5. The molecule has 0 aromatic rings. The van der Waals surface area contributed by atoms with Crippen molar-refractivity contribution in [2.75, 3.05) is 6.54 Å². The van der Waals surface area contributed by atoms with Crippen LogP contribution >= 0.6 is 0 Å². The van der Waals surface area contributed by atoms with E-state index in [1.165, 1.54) is 4.90 Å². The molecule has 2 aliphatic rings. The van der Waals surface area contributed by atoms with Gasteiger partial charge in [-0.15, -0.1) is 0 Å². The van der Waals surface area contributed by atoms with Crippen molar-refractivity contribution in [2.45, 2.75) is 91.7 Å². The number of likely N-dealkylation sites (tertiary alicyclic amines) is 1. The minimum absolute atomic E-state index is 0.123. The Hall–Kier alpha value is -2.86. The molecule has 1 unspecified atom stereocenters. The third kappa shape index (κ3) is 7.13. The number of primary amides is 1. The number of hydrogen-bond acceptors (Lipinski definition) is 6. The Labute approximate surface area is 214 Å². The van der Waals surface area contributed by atoms with Gasteiger partial charge in [0.2, 0.25) is 17.6 Å². The summed E-state index contributed by atoms with van der Waals surface area (Å²) >= 11 is 0. The maximum absolute atomic E-state index is 13.7. The number of alkyl carbamates (subject to hydrolysis) is 1. The van der Waals surface area contributed by atoms with Crippen LogP contribution in [0.4, 0.5) is 18.0 Å². The van der Waals surface area contributed by atoms with Gasteiger partial charge in [0.1, 0.15) is 23.7 Å². The number of ether oxygens (including phenoxy) is 1. The predicted octanol–water partition coefficient (Wildman–Crippen LogP) is 1.90. The predicted molar refractivity (Wildman–Crippen MR) is 126 cm³/mol. The number of nitrogens with zero attached hydrogens (tertiary/aromatic N) is 1. The first-order valence-electron chi connectivity index (χ1n) is 12.0. The number of Topliss-reactive ketones (excluding diaryl/α,β-unsaturated/α-hetero) is 1. The zero-order valence-corrected chi connectivity index (χ0v) is 22.4. The van der Waals surface area contributed by atoms with Crippen molar-refractivity contribution >= 4 is 29.6 Å². The molecule has 0 aromatic heterocycles. The van der Waals surface area contributed by atoms with Crippen molar-refractivity contribution in [3.63, 3.8) is 0 Å². The number of hydrogen-bond donors (Lipinski definition) is 3. The summed E-state index contributed by atoms with van der Waals surface area (Å²) in [5, 5.41) is 4.57. The molecule has 4 amide bonds. The molecule has 0 aromatic carbocycles. The van der Waals surface area contributed by atoms with Crippen molar-refractivity contribution in [3.05, 3.63) is 0 Å². The normalized spacial score (nSPS) is 24.4. The second-order valence-corrected chi connectivity index (χ2v) is 12.4. The van der Waals surface area contributed by atoms with E-state index in [0.29, 0.717) is 0 Å². The van der Waals surface area contributed by atoms with Crippen molar-refractivity contribution in [2.24, 2.45) is 28.4 Å². The lowest BCUT2D eigenvalue weighted by Crippen LogP contribution is -2.61. The number of nitrogens with two attached hydrogens (primary N) is 1. The molecule has 1 saturated carbocycles. The van der Waals surface area contributed by atoms with Gasteiger partial charge in [-0.3, -0.25) is 19.2 Å². The number of nitrogens with one attached hydrogen (secondary N) is 2. The van der Waals surface area contributed by atoms with E-state index in [1.54, 1.807) is 41.5 Å². The molecule has 10 nitrogen and oxygen atoms in total. The fraction of sp³-hybridized carbons (Fsp3) is 0.792. The summed E-state index contributed by atoms with van der Waals surface area (Å²) in [4.78, 5) is 64.1. The smallest absolute Gasteiger partial charge is 0.408 e. The molecule has 1 heterocycles. The van der Waals surface area contributed by atoms with Gasteiger partial charge in [-0.1, -0.05) is 34.6 Å². The molecule has 1 saturated heterocycles. The quantitative estimate of drug-likeness (QED) is 0.425. The van der Waals surface area contributed by atoms with E-state index in [9.17, 15) is 37.1 Å².